The molecule has 4 aromatic rings. The molecule has 2 amide bonds. The quantitative estimate of drug-likeness (QED) is 0.185. The molecule has 8 heteroatoms. The average Bonchev–Trinajstić information content (AvgIpc) is 3.40. The number of carbonyl (C=O) groups excluding carboxylic acids is 2. The molecule has 3 aromatic carbocycles. The summed E-state index contributed by atoms with van der Waals surface area (Å²) in [5.74, 6) is -0.521. The van der Waals surface area contributed by atoms with Gasteiger partial charge in [-0.05, 0) is 68.3 Å². The summed E-state index contributed by atoms with van der Waals surface area (Å²) in [5, 5.41) is 15.1. The molecule has 2 heterocycles. The molecule has 7 nitrogen and oxygen atoms in total. The van der Waals surface area contributed by atoms with E-state index >= 15 is 0 Å². The number of halogens is 1. The first-order chi connectivity index (χ1) is 19.8. The summed E-state index contributed by atoms with van der Waals surface area (Å²) in [6.45, 7) is 6.00. The Balaban J connectivity index is 1.64. The molecule has 1 aliphatic heterocycles. The maximum Gasteiger partial charge on any atom is 0.271 e. The number of nitriles is 1. The lowest BCUT2D eigenvalue weighted by Crippen LogP contribution is -2.42. The van der Waals surface area contributed by atoms with Crippen molar-refractivity contribution >= 4 is 29.5 Å². The molecule has 0 fully saturated rings. The van der Waals surface area contributed by atoms with E-state index in [0.29, 0.717) is 34.2 Å². The molecule has 0 saturated carbocycles. The van der Waals surface area contributed by atoms with Crippen LogP contribution in [0.4, 0.5) is 0 Å². The normalized spacial score (nSPS) is 14.5. The van der Waals surface area contributed by atoms with Crippen molar-refractivity contribution in [2.75, 3.05) is 6.61 Å². The first-order valence-corrected chi connectivity index (χ1v) is 13.5. The molecule has 0 spiro atoms. The zero-order chi connectivity index (χ0) is 29.1. The Morgan fingerprint density at radius 3 is 2.39 bits per heavy atom. The van der Waals surface area contributed by atoms with Gasteiger partial charge in [-0.15, -0.1) is 0 Å². The average molecular weight is 563 g/mol. The zero-order valence-corrected chi connectivity index (χ0v) is 23.6. The van der Waals surface area contributed by atoms with E-state index in [1.54, 1.807) is 29.8 Å². The molecule has 0 atom stereocenters. The summed E-state index contributed by atoms with van der Waals surface area (Å²) >= 11 is 6.52. The zero-order valence-electron chi connectivity index (χ0n) is 22.9. The second-order valence-corrected chi connectivity index (χ2v) is 10.1. The van der Waals surface area contributed by atoms with Crippen LogP contribution in [0.25, 0.3) is 23.0 Å². The topological polar surface area (TPSA) is 88.2 Å². The van der Waals surface area contributed by atoms with Gasteiger partial charge in [0.1, 0.15) is 23.1 Å². The van der Waals surface area contributed by atoms with Crippen LogP contribution in [-0.2, 0) is 16.1 Å². The predicted molar refractivity (Wildman–Crippen MR) is 158 cm³/mol. The van der Waals surface area contributed by atoms with E-state index < -0.39 is 11.8 Å². The third-order valence-corrected chi connectivity index (χ3v) is 7.15. The lowest BCUT2D eigenvalue weighted by molar-refractivity contribution is -0.141. The van der Waals surface area contributed by atoms with Crippen LogP contribution in [0.5, 0.6) is 5.75 Å². The molecule has 0 bridgehead atoms. The number of imide groups is 1. The first kappa shape index (κ1) is 27.6. The van der Waals surface area contributed by atoms with E-state index in [0.717, 1.165) is 27.3 Å². The lowest BCUT2D eigenvalue weighted by Gasteiger charge is -2.27. The fourth-order valence-corrected chi connectivity index (χ4v) is 4.89. The Labute approximate surface area is 243 Å². The first-order valence-electron chi connectivity index (χ1n) is 13.1. The third-order valence-electron chi connectivity index (χ3n) is 6.85. The van der Waals surface area contributed by atoms with E-state index in [1.807, 2.05) is 86.8 Å². The summed E-state index contributed by atoms with van der Waals surface area (Å²) < 4.78 is 7.32. The number of hydrogen-bond acceptors (Lipinski definition) is 5. The Bertz CT molecular complexity index is 1750. The van der Waals surface area contributed by atoms with Crippen molar-refractivity contribution in [2.45, 2.75) is 27.3 Å². The molecule has 0 unspecified atom stereocenters. The standard InChI is InChI=1S/C33H27ClN4O3/c1-4-41-30-15-14-24(17-29(30)34)31-25(20-38(36-31)26-8-6-5-7-9-26)16-27-22(3)28(18-35)33(40)37(32(27)39)19-23-12-10-21(2)11-13-23/h5-17,20H,4,19H2,1-3H3/b27-16+. The van der Waals surface area contributed by atoms with E-state index in [-0.39, 0.29) is 17.7 Å². The monoisotopic (exact) mass is 562 g/mol. The molecule has 1 aromatic heterocycles. The van der Waals surface area contributed by atoms with Gasteiger partial charge in [-0.1, -0.05) is 59.6 Å². The fraction of sp³-hybridized carbons (Fsp3) is 0.152. The van der Waals surface area contributed by atoms with Crippen LogP contribution in [0.1, 0.15) is 30.5 Å². The lowest BCUT2D eigenvalue weighted by atomic mass is 9.93. The fourth-order valence-electron chi connectivity index (χ4n) is 4.66. The van der Waals surface area contributed by atoms with Crippen molar-refractivity contribution in [3.63, 3.8) is 0 Å². The number of amides is 2. The molecular formula is C33H27ClN4O3. The second-order valence-electron chi connectivity index (χ2n) is 9.64. The van der Waals surface area contributed by atoms with E-state index in [4.69, 9.17) is 21.4 Å². The molecule has 5 rings (SSSR count). The summed E-state index contributed by atoms with van der Waals surface area (Å²) in [5.41, 5.74) is 5.11. The van der Waals surface area contributed by atoms with Gasteiger partial charge in [-0.25, -0.2) is 4.68 Å². The van der Waals surface area contributed by atoms with Crippen molar-refractivity contribution < 1.29 is 14.3 Å². The largest absolute Gasteiger partial charge is 0.492 e. The number of rotatable bonds is 7. The molecule has 204 valence electrons. The summed E-state index contributed by atoms with van der Waals surface area (Å²) in [7, 11) is 0. The van der Waals surface area contributed by atoms with Gasteiger partial charge in [0.05, 0.1) is 23.9 Å². The molecule has 41 heavy (non-hydrogen) atoms. The van der Waals surface area contributed by atoms with Crippen LogP contribution in [0, 0.1) is 18.3 Å². The minimum absolute atomic E-state index is 0.0539. The molecule has 0 radical (unpaired) electrons. The smallest absolute Gasteiger partial charge is 0.271 e. The predicted octanol–water partition coefficient (Wildman–Crippen LogP) is 6.69. The number of aryl methyl sites for hydroxylation is 1. The number of para-hydroxylation sites is 1. The Kier molecular flexibility index (Phi) is 7.86. The van der Waals surface area contributed by atoms with Crippen molar-refractivity contribution in [1.82, 2.24) is 14.7 Å². The molecule has 0 saturated heterocycles. The van der Waals surface area contributed by atoms with Crippen LogP contribution in [0.15, 0.2) is 95.7 Å². The highest BCUT2D eigenvalue weighted by Crippen LogP contribution is 2.35. The van der Waals surface area contributed by atoms with E-state index in [9.17, 15) is 14.9 Å². The van der Waals surface area contributed by atoms with E-state index in [1.165, 1.54) is 0 Å². The van der Waals surface area contributed by atoms with Gasteiger partial charge in [0.2, 0.25) is 0 Å². The number of aromatic nitrogens is 2. The van der Waals surface area contributed by atoms with Gasteiger partial charge in [0.15, 0.2) is 0 Å². The molecular weight excluding hydrogens is 536 g/mol. The van der Waals surface area contributed by atoms with Gasteiger partial charge < -0.3 is 4.74 Å². The molecule has 0 aliphatic carbocycles. The summed E-state index contributed by atoms with van der Waals surface area (Å²) in [6.07, 6.45) is 3.51. The van der Waals surface area contributed by atoms with Crippen LogP contribution in [-0.4, -0.2) is 33.1 Å². The maximum atomic E-state index is 13.8. The van der Waals surface area contributed by atoms with E-state index in [2.05, 4.69) is 0 Å². The molecule has 1 aliphatic rings. The second kappa shape index (κ2) is 11.7. The van der Waals surface area contributed by atoms with Crippen molar-refractivity contribution in [3.05, 3.63) is 117 Å². The van der Waals surface area contributed by atoms with Gasteiger partial charge in [0.25, 0.3) is 11.8 Å². The third kappa shape index (κ3) is 5.56. The Morgan fingerprint density at radius 2 is 1.73 bits per heavy atom. The SMILES string of the molecule is CCOc1ccc(-c2nn(-c3ccccc3)cc2/C=C2/C(=O)N(Cc3ccc(C)cc3)C(=O)C(C#N)=C2C)cc1Cl. The maximum absolute atomic E-state index is 13.8. The summed E-state index contributed by atoms with van der Waals surface area (Å²) in [6, 6.07) is 24.6. The number of carbonyl (C=O) groups is 2. The van der Waals surface area contributed by atoms with Gasteiger partial charge >= 0.3 is 0 Å². The van der Waals surface area contributed by atoms with Crippen molar-refractivity contribution in [1.29, 1.82) is 5.26 Å². The minimum atomic E-state index is -0.605. The Hall–Kier alpha value is -4.93. The highest BCUT2D eigenvalue weighted by Gasteiger charge is 2.35. The van der Waals surface area contributed by atoms with Crippen molar-refractivity contribution in [2.24, 2.45) is 0 Å². The van der Waals surface area contributed by atoms with Gasteiger partial charge in [0, 0.05) is 22.9 Å². The van der Waals surface area contributed by atoms with Crippen LogP contribution in [0.3, 0.4) is 0 Å². The van der Waals surface area contributed by atoms with Gasteiger partial charge in [-0.3, -0.25) is 14.5 Å². The van der Waals surface area contributed by atoms with Crippen LogP contribution < -0.4 is 4.74 Å². The number of ether oxygens (including phenoxy) is 1. The minimum Gasteiger partial charge on any atom is -0.492 e. The van der Waals surface area contributed by atoms with Crippen LogP contribution >= 0.6 is 11.6 Å². The van der Waals surface area contributed by atoms with Crippen LogP contribution in [0.2, 0.25) is 5.02 Å². The number of benzene rings is 3. The Morgan fingerprint density at radius 1 is 1.00 bits per heavy atom. The summed E-state index contributed by atoms with van der Waals surface area (Å²) in [4.78, 5) is 28.1. The number of hydrogen-bond donors (Lipinski definition) is 0. The molecule has 0 N–H and O–H groups in total. The highest BCUT2D eigenvalue weighted by molar-refractivity contribution is 6.32. The number of nitrogens with zero attached hydrogens (tertiary/aromatic N) is 4. The highest BCUT2D eigenvalue weighted by atomic mass is 35.5. The van der Waals surface area contributed by atoms with Crippen molar-refractivity contribution in [3.8, 4) is 28.8 Å². The van der Waals surface area contributed by atoms with Gasteiger partial charge in [-0.2, -0.15) is 10.4 Å².